The molecule has 1 aromatic heterocycles. The van der Waals surface area contributed by atoms with E-state index in [2.05, 4.69) is 127 Å². The first-order valence-corrected chi connectivity index (χ1v) is 14.4. The van der Waals surface area contributed by atoms with E-state index in [9.17, 15) is 0 Å². The summed E-state index contributed by atoms with van der Waals surface area (Å²) in [6.07, 6.45) is 28.8. The molecule has 3 atom stereocenters. The van der Waals surface area contributed by atoms with Gasteiger partial charge in [-0.15, -0.1) is 0 Å². The molecule has 0 fully saturated rings. The van der Waals surface area contributed by atoms with E-state index in [-0.39, 0.29) is 0 Å². The number of hydrogen-bond donors (Lipinski definition) is 0. The van der Waals surface area contributed by atoms with Gasteiger partial charge in [-0.25, -0.2) is 0 Å². The van der Waals surface area contributed by atoms with Crippen LogP contribution in [0.2, 0.25) is 0 Å². The largest absolute Gasteiger partial charge is 0.460 e. The van der Waals surface area contributed by atoms with Crippen molar-refractivity contribution in [3.63, 3.8) is 0 Å². The molecule has 3 aromatic rings. The lowest BCUT2D eigenvalue weighted by Gasteiger charge is -2.36. The number of hydrogen-bond acceptors (Lipinski definition) is 2. The Balaban J connectivity index is 1.26. The zero-order chi connectivity index (χ0) is 26.2. The molecule has 0 saturated heterocycles. The monoisotopic (exact) mass is 509 g/mol. The van der Waals surface area contributed by atoms with E-state index in [0.29, 0.717) is 17.8 Å². The molecular formula is C37H35NO. The van der Waals surface area contributed by atoms with Crippen molar-refractivity contribution < 1.29 is 4.42 Å². The molecular weight excluding hydrogens is 474 g/mol. The summed E-state index contributed by atoms with van der Waals surface area (Å²) in [7, 11) is 0. The summed E-state index contributed by atoms with van der Waals surface area (Å²) in [6, 6.07) is 19.2. The third-order valence-corrected chi connectivity index (χ3v) is 8.60. The molecule has 4 aliphatic rings. The van der Waals surface area contributed by atoms with Gasteiger partial charge in [0.05, 0.1) is 0 Å². The van der Waals surface area contributed by atoms with Crippen molar-refractivity contribution in [2.45, 2.75) is 44.9 Å². The Hall–Kier alpha value is -4.04. The minimum absolute atomic E-state index is 0.346. The third-order valence-electron chi connectivity index (χ3n) is 8.60. The zero-order valence-corrected chi connectivity index (χ0v) is 22.6. The van der Waals surface area contributed by atoms with Gasteiger partial charge in [0, 0.05) is 34.0 Å². The Kier molecular flexibility index (Phi) is 6.32. The molecule has 0 N–H and O–H groups in total. The second kappa shape index (κ2) is 10.3. The van der Waals surface area contributed by atoms with Crippen LogP contribution in [0.3, 0.4) is 0 Å². The average Bonchev–Trinajstić information content (AvgIpc) is 3.37. The van der Waals surface area contributed by atoms with Crippen LogP contribution in [0.1, 0.15) is 61.8 Å². The van der Waals surface area contributed by atoms with Crippen LogP contribution in [0, 0.1) is 11.8 Å². The Morgan fingerprint density at radius 1 is 0.744 bits per heavy atom. The summed E-state index contributed by atoms with van der Waals surface area (Å²) in [4.78, 5) is 2.52. The molecule has 0 amide bonds. The van der Waals surface area contributed by atoms with Crippen LogP contribution in [-0.2, 0) is 0 Å². The molecule has 4 aliphatic carbocycles. The van der Waals surface area contributed by atoms with Gasteiger partial charge in [-0.1, -0.05) is 98.0 Å². The Morgan fingerprint density at radius 3 is 2.33 bits per heavy atom. The second-order valence-corrected chi connectivity index (χ2v) is 11.3. The van der Waals surface area contributed by atoms with Crippen LogP contribution < -0.4 is 0 Å². The Bertz CT molecular complexity index is 1600. The Labute approximate surface area is 231 Å². The smallest absolute Gasteiger partial charge is 0.134 e. The summed E-state index contributed by atoms with van der Waals surface area (Å²) in [5.41, 5.74) is 8.95. The van der Waals surface area contributed by atoms with Crippen LogP contribution in [0.25, 0.3) is 22.6 Å². The van der Waals surface area contributed by atoms with Gasteiger partial charge >= 0.3 is 0 Å². The van der Waals surface area contributed by atoms with Crippen LogP contribution in [0.4, 0.5) is 0 Å². The van der Waals surface area contributed by atoms with Crippen molar-refractivity contribution >= 4 is 22.6 Å². The van der Waals surface area contributed by atoms with Crippen molar-refractivity contribution in [1.82, 2.24) is 4.90 Å². The standard InChI is InChI=1S/C37H35NO/c1-26-10-7-14-31(24-26)38(30-22-20-28(21-23-30)27-11-3-2-4-12-27)32-15-8-13-29(25-32)33-17-9-18-35-34-16-5-6-19-36(34)39-37(33)35/h2-9,11-12,14-16,18-20,22,24-26,29,33H,10,13,17,21,23H2,1H3. The van der Waals surface area contributed by atoms with Crippen molar-refractivity contribution in [2.75, 3.05) is 0 Å². The normalized spacial score (nSPS) is 24.1. The maximum Gasteiger partial charge on any atom is 0.134 e. The highest BCUT2D eigenvalue weighted by molar-refractivity contribution is 5.89. The number of benzene rings is 2. The number of fused-ring (bicyclic) bond motifs is 3. The second-order valence-electron chi connectivity index (χ2n) is 11.3. The van der Waals surface area contributed by atoms with Gasteiger partial charge in [0.1, 0.15) is 11.3 Å². The minimum Gasteiger partial charge on any atom is -0.460 e. The van der Waals surface area contributed by atoms with Gasteiger partial charge < -0.3 is 9.32 Å². The highest BCUT2D eigenvalue weighted by Gasteiger charge is 2.31. The number of furan rings is 1. The molecule has 0 bridgehead atoms. The average molecular weight is 510 g/mol. The molecule has 0 radical (unpaired) electrons. The maximum atomic E-state index is 6.49. The molecule has 3 unspecified atom stereocenters. The molecule has 39 heavy (non-hydrogen) atoms. The van der Waals surface area contributed by atoms with E-state index < -0.39 is 0 Å². The van der Waals surface area contributed by atoms with Gasteiger partial charge in [0.25, 0.3) is 0 Å². The SMILES string of the molecule is CC1C=C(N(C2=CC(C3CC=Cc4c3oc3ccccc43)CC=C2)C2=CC=C(c3ccccc3)CC2)C=CC1. The predicted molar refractivity (Wildman–Crippen MR) is 163 cm³/mol. The fourth-order valence-corrected chi connectivity index (χ4v) is 6.61. The summed E-state index contributed by atoms with van der Waals surface area (Å²) >= 11 is 0. The molecule has 2 heteroatoms. The van der Waals surface area contributed by atoms with E-state index in [1.54, 1.807) is 0 Å². The summed E-state index contributed by atoms with van der Waals surface area (Å²) in [6.45, 7) is 2.32. The van der Waals surface area contributed by atoms with Gasteiger partial charge in [-0.2, -0.15) is 0 Å². The zero-order valence-electron chi connectivity index (χ0n) is 22.6. The fourth-order valence-electron chi connectivity index (χ4n) is 6.61. The molecule has 1 heterocycles. The molecule has 2 nitrogen and oxygen atoms in total. The number of rotatable bonds is 5. The van der Waals surface area contributed by atoms with Crippen molar-refractivity contribution in [3.8, 4) is 0 Å². The number of allylic oxidation sites excluding steroid dienone is 11. The highest BCUT2D eigenvalue weighted by Crippen LogP contribution is 2.45. The first kappa shape index (κ1) is 24.0. The van der Waals surface area contributed by atoms with Crippen LogP contribution in [-0.4, -0.2) is 4.90 Å². The van der Waals surface area contributed by atoms with Crippen LogP contribution in [0.15, 0.2) is 131 Å². The first-order valence-electron chi connectivity index (χ1n) is 14.4. The summed E-state index contributed by atoms with van der Waals surface area (Å²) in [5.74, 6) is 2.43. The van der Waals surface area contributed by atoms with E-state index in [0.717, 1.165) is 43.4 Å². The fraction of sp³-hybridized carbons (Fsp3) is 0.243. The van der Waals surface area contributed by atoms with Crippen molar-refractivity contribution in [2.24, 2.45) is 11.8 Å². The van der Waals surface area contributed by atoms with Gasteiger partial charge in [-0.05, 0) is 79.4 Å². The van der Waals surface area contributed by atoms with Gasteiger partial charge in [0.2, 0.25) is 0 Å². The summed E-state index contributed by atoms with van der Waals surface area (Å²) < 4.78 is 6.49. The molecule has 0 aliphatic heterocycles. The lowest BCUT2D eigenvalue weighted by molar-refractivity contribution is 0.405. The molecule has 7 rings (SSSR count). The minimum atomic E-state index is 0.346. The quantitative estimate of drug-likeness (QED) is 0.340. The molecule has 2 aromatic carbocycles. The lowest BCUT2D eigenvalue weighted by atomic mass is 9.78. The van der Waals surface area contributed by atoms with E-state index in [1.807, 2.05) is 0 Å². The van der Waals surface area contributed by atoms with Crippen molar-refractivity contribution in [3.05, 3.63) is 143 Å². The predicted octanol–water partition coefficient (Wildman–Crippen LogP) is 9.94. The maximum absolute atomic E-state index is 6.49. The van der Waals surface area contributed by atoms with Gasteiger partial charge in [-0.3, -0.25) is 0 Å². The van der Waals surface area contributed by atoms with E-state index >= 15 is 0 Å². The van der Waals surface area contributed by atoms with Gasteiger partial charge in [0.15, 0.2) is 0 Å². The van der Waals surface area contributed by atoms with E-state index in [4.69, 9.17) is 4.42 Å². The third kappa shape index (κ3) is 4.59. The topological polar surface area (TPSA) is 16.4 Å². The van der Waals surface area contributed by atoms with E-state index in [1.165, 1.54) is 39.2 Å². The summed E-state index contributed by atoms with van der Waals surface area (Å²) in [5, 5.41) is 1.23. The van der Waals surface area contributed by atoms with Crippen molar-refractivity contribution in [1.29, 1.82) is 0 Å². The van der Waals surface area contributed by atoms with Crippen LogP contribution in [0.5, 0.6) is 0 Å². The lowest BCUT2D eigenvalue weighted by Crippen LogP contribution is -2.25. The van der Waals surface area contributed by atoms with Crippen LogP contribution >= 0.6 is 0 Å². The Morgan fingerprint density at radius 2 is 1.51 bits per heavy atom. The molecule has 194 valence electrons. The highest BCUT2D eigenvalue weighted by atomic mass is 16.3. The number of para-hydroxylation sites is 1. The molecule has 0 spiro atoms. The molecule has 0 saturated carbocycles. The number of nitrogens with zero attached hydrogens (tertiary/aromatic N) is 1. The first-order chi connectivity index (χ1) is 19.2.